The number of nitrogens with zero attached hydrogens (tertiary/aromatic N) is 3. The largest absolute Gasteiger partial charge is 0.325 e. The second kappa shape index (κ2) is 9.69. The normalized spacial score (nSPS) is 11.1. The van der Waals surface area contributed by atoms with Crippen LogP contribution in [0, 0.1) is 11.7 Å². The van der Waals surface area contributed by atoms with Gasteiger partial charge in [0.05, 0.1) is 11.3 Å². The molecule has 0 bridgehead atoms. The van der Waals surface area contributed by atoms with Crippen LogP contribution in [-0.4, -0.2) is 26.4 Å². The van der Waals surface area contributed by atoms with Crippen molar-refractivity contribution in [3.8, 4) is 11.4 Å². The van der Waals surface area contributed by atoms with Crippen LogP contribution < -0.4 is 5.32 Å². The number of hydrogen-bond acceptors (Lipinski definition) is 4. The maximum Gasteiger partial charge on any atom is 0.234 e. The van der Waals surface area contributed by atoms with Gasteiger partial charge in [0.1, 0.15) is 5.82 Å². The molecule has 0 saturated carbocycles. The van der Waals surface area contributed by atoms with Gasteiger partial charge >= 0.3 is 0 Å². The topological polar surface area (TPSA) is 59.8 Å². The summed E-state index contributed by atoms with van der Waals surface area (Å²) in [4.78, 5) is 12.4. The van der Waals surface area contributed by atoms with Gasteiger partial charge in [0.15, 0.2) is 11.0 Å². The Balaban J connectivity index is 1.73. The van der Waals surface area contributed by atoms with E-state index >= 15 is 0 Å². The third kappa shape index (κ3) is 5.44. The quantitative estimate of drug-likeness (QED) is 0.527. The first kappa shape index (κ1) is 21.0. The minimum atomic E-state index is -0.338. The highest BCUT2D eigenvalue weighted by Gasteiger charge is 2.18. The molecule has 2 aromatic carbocycles. The average Bonchev–Trinajstić information content (AvgIpc) is 3.09. The van der Waals surface area contributed by atoms with Crippen LogP contribution in [0.2, 0.25) is 0 Å². The van der Waals surface area contributed by atoms with Gasteiger partial charge in [-0.15, -0.1) is 10.2 Å². The van der Waals surface area contributed by atoms with Gasteiger partial charge < -0.3 is 9.88 Å². The molecule has 0 atom stereocenters. The number of aromatic nitrogens is 3. The van der Waals surface area contributed by atoms with Crippen molar-refractivity contribution in [2.24, 2.45) is 5.92 Å². The minimum Gasteiger partial charge on any atom is -0.325 e. The van der Waals surface area contributed by atoms with Crippen molar-refractivity contribution in [2.45, 2.75) is 38.9 Å². The highest BCUT2D eigenvalue weighted by atomic mass is 32.2. The summed E-state index contributed by atoms with van der Waals surface area (Å²) in [5.41, 5.74) is 2.40. The first-order valence-corrected chi connectivity index (χ1v) is 10.7. The summed E-state index contributed by atoms with van der Waals surface area (Å²) >= 11 is 1.30. The number of rotatable bonds is 8. The molecule has 0 unspecified atom stereocenters. The predicted octanol–water partition coefficient (Wildman–Crippen LogP) is 5.03. The standard InChI is InChI=1S/C22H25FN4OS/c1-4-16-9-11-17(12-10-16)24-20(28)14-29-22-26-25-21(27(22)13-15(2)3)18-7-5-6-8-19(18)23/h5-12,15H,4,13-14H2,1-3H3,(H,24,28). The molecule has 1 amide bonds. The number of carbonyl (C=O) groups is 1. The molecule has 1 heterocycles. The zero-order valence-electron chi connectivity index (χ0n) is 16.9. The van der Waals surface area contributed by atoms with Crippen LogP contribution >= 0.6 is 11.8 Å². The monoisotopic (exact) mass is 412 g/mol. The van der Waals surface area contributed by atoms with Gasteiger partial charge in [-0.2, -0.15) is 0 Å². The van der Waals surface area contributed by atoms with Gasteiger partial charge in [-0.3, -0.25) is 4.79 Å². The Morgan fingerprint density at radius 3 is 2.52 bits per heavy atom. The number of halogens is 1. The van der Waals surface area contributed by atoms with Crippen molar-refractivity contribution in [1.29, 1.82) is 0 Å². The van der Waals surface area contributed by atoms with E-state index in [9.17, 15) is 9.18 Å². The summed E-state index contributed by atoms with van der Waals surface area (Å²) in [6, 6.07) is 14.3. The number of thioether (sulfide) groups is 1. The number of anilines is 1. The molecule has 152 valence electrons. The molecule has 0 fully saturated rings. The first-order valence-electron chi connectivity index (χ1n) is 9.67. The second-order valence-electron chi connectivity index (χ2n) is 7.18. The number of hydrogen-bond donors (Lipinski definition) is 1. The molecule has 7 heteroatoms. The van der Waals surface area contributed by atoms with Crippen LogP contribution in [0.1, 0.15) is 26.3 Å². The fourth-order valence-corrected chi connectivity index (χ4v) is 3.67. The predicted molar refractivity (Wildman–Crippen MR) is 115 cm³/mol. The molecule has 0 aliphatic rings. The van der Waals surface area contributed by atoms with E-state index < -0.39 is 0 Å². The Labute approximate surface area is 174 Å². The zero-order chi connectivity index (χ0) is 20.8. The van der Waals surface area contributed by atoms with Crippen molar-refractivity contribution in [1.82, 2.24) is 14.8 Å². The summed E-state index contributed by atoms with van der Waals surface area (Å²) < 4.78 is 16.1. The third-order valence-electron chi connectivity index (χ3n) is 4.36. The SMILES string of the molecule is CCc1ccc(NC(=O)CSc2nnc(-c3ccccc3F)n2CC(C)C)cc1. The second-order valence-corrected chi connectivity index (χ2v) is 8.12. The highest BCUT2D eigenvalue weighted by molar-refractivity contribution is 7.99. The number of nitrogens with one attached hydrogen (secondary N) is 1. The number of carbonyl (C=O) groups excluding carboxylic acids is 1. The Morgan fingerprint density at radius 2 is 1.86 bits per heavy atom. The third-order valence-corrected chi connectivity index (χ3v) is 5.32. The van der Waals surface area contributed by atoms with E-state index in [0.717, 1.165) is 12.1 Å². The molecule has 3 rings (SSSR count). The fourth-order valence-electron chi connectivity index (χ4n) is 2.92. The van der Waals surface area contributed by atoms with Gasteiger partial charge in [0, 0.05) is 12.2 Å². The van der Waals surface area contributed by atoms with E-state index in [-0.39, 0.29) is 17.5 Å². The van der Waals surface area contributed by atoms with Crippen molar-refractivity contribution in [3.05, 3.63) is 59.9 Å². The van der Waals surface area contributed by atoms with E-state index in [4.69, 9.17) is 0 Å². The van der Waals surface area contributed by atoms with Crippen molar-refractivity contribution < 1.29 is 9.18 Å². The molecule has 5 nitrogen and oxygen atoms in total. The number of amides is 1. The van der Waals surface area contributed by atoms with Crippen molar-refractivity contribution in [2.75, 3.05) is 11.1 Å². The zero-order valence-corrected chi connectivity index (χ0v) is 17.7. The van der Waals surface area contributed by atoms with E-state index in [0.29, 0.717) is 29.0 Å². The summed E-state index contributed by atoms with van der Waals surface area (Å²) in [5.74, 6) is 0.542. The molecule has 0 aliphatic heterocycles. The Bertz CT molecular complexity index is 969. The van der Waals surface area contributed by atoms with E-state index in [1.807, 2.05) is 28.8 Å². The van der Waals surface area contributed by atoms with Crippen molar-refractivity contribution in [3.63, 3.8) is 0 Å². The maximum absolute atomic E-state index is 14.3. The molecule has 0 radical (unpaired) electrons. The number of aryl methyl sites for hydroxylation is 1. The van der Waals surface area contributed by atoms with Crippen LogP contribution in [-0.2, 0) is 17.8 Å². The average molecular weight is 413 g/mol. The van der Waals surface area contributed by atoms with Crippen LogP contribution in [0.5, 0.6) is 0 Å². The summed E-state index contributed by atoms with van der Waals surface area (Å²) in [7, 11) is 0. The molecule has 0 saturated heterocycles. The Morgan fingerprint density at radius 1 is 1.14 bits per heavy atom. The molecule has 0 aliphatic carbocycles. The molecule has 0 spiro atoms. The van der Waals surface area contributed by atoms with Crippen LogP contribution in [0.15, 0.2) is 53.7 Å². The molecule has 1 aromatic heterocycles. The first-order chi connectivity index (χ1) is 14.0. The van der Waals surface area contributed by atoms with Crippen LogP contribution in [0.3, 0.4) is 0 Å². The van der Waals surface area contributed by atoms with Gasteiger partial charge in [0.2, 0.25) is 5.91 Å². The van der Waals surface area contributed by atoms with Crippen LogP contribution in [0.25, 0.3) is 11.4 Å². The van der Waals surface area contributed by atoms with Crippen LogP contribution in [0.4, 0.5) is 10.1 Å². The maximum atomic E-state index is 14.3. The Hall–Kier alpha value is -2.67. The minimum absolute atomic E-state index is 0.120. The van der Waals surface area contributed by atoms with E-state index in [1.165, 1.54) is 23.4 Å². The van der Waals surface area contributed by atoms with Gasteiger partial charge in [-0.05, 0) is 42.2 Å². The van der Waals surface area contributed by atoms with Crippen molar-refractivity contribution >= 4 is 23.4 Å². The summed E-state index contributed by atoms with van der Waals surface area (Å²) in [6.07, 6.45) is 0.958. The molecule has 3 aromatic rings. The fraction of sp³-hybridized carbons (Fsp3) is 0.318. The summed E-state index contributed by atoms with van der Waals surface area (Å²) in [6.45, 7) is 6.88. The van der Waals surface area contributed by atoms with Gasteiger partial charge in [-0.25, -0.2) is 4.39 Å². The van der Waals surface area contributed by atoms with E-state index in [1.54, 1.807) is 18.2 Å². The smallest absolute Gasteiger partial charge is 0.234 e. The lowest BCUT2D eigenvalue weighted by molar-refractivity contribution is -0.113. The molecular formula is C22H25FN4OS. The highest BCUT2D eigenvalue weighted by Crippen LogP contribution is 2.27. The van der Waals surface area contributed by atoms with Gasteiger partial charge in [0.25, 0.3) is 0 Å². The molecule has 1 N–H and O–H groups in total. The number of benzene rings is 2. The van der Waals surface area contributed by atoms with E-state index in [2.05, 4.69) is 36.3 Å². The molecule has 29 heavy (non-hydrogen) atoms. The molecular weight excluding hydrogens is 387 g/mol. The van der Waals surface area contributed by atoms with Gasteiger partial charge in [-0.1, -0.05) is 56.8 Å². The lowest BCUT2D eigenvalue weighted by Crippen LogP contribution is -2.15. The lowest BCUT2D eigenvalue weighted by Gasteiger charge is -2.13. The lowest BCUT2D eigenvalue weighted by atomic mass is 10.1. The summed E-state index contributed by atoms with van der Waals surface area (Å²) in [5, 5.41) is 11.9. The Kier molecular flexibility index (Phi) is 7.04.